The number of carbonyl (C=O) groups is 2. The van der Waals surface area contributed by atoms with Crippen molar-refractivity contribution in [2.45, 2.75) is 0 Å². The van der Waals surface area contributed by atoms with Crippen LogP contribution in [0, 0.1) is 15.9 Å². The Morgan fingerprint density at radius 2 is 1.81 bits per heavy atom. The second kappa shape index (κ2) is 8.53. The van der Waals surface area contributed by atoms with Gasteiger partial charge in [-0.2, -0.15) is 0 Å². The summed E-state index contributed by atoms with van der Waals surface area (Å²) >= 11 is 0. The number of anilines is 1. The van der Waals surface area contributed by atoms with Gasteiger partial charge in [-0.15, -0.1) is 0 Å². The van der Waals surface area contributed by atoms with E-state index in [4.69, 9.17) is 9.84 Å². The predicted molar refractivity (Wildman–Crippen MR) is 86.7 cm³/mol. The summed E-state index contributed by atoms with van der Waals surface area (Å²) in [5.74, 6) is -2.10. The molecule has 1 amide bonds. The summed E-state index contributed by atoms with van der Waals surface area (Å²) in [4.78, 5) is 32.4. The number of carboxylic acids is 1. The van der Waals surface area contributed by atoms with Gasteiger partial charge in [-0.1, -0.05) is 0 Å². The van der Waals surface area contributed by atoms with Gasteiger partial charge in [0.05, 0.1) is 16.7 Å². The molecule has 0 unspecified atom stereocenters. The first-order valence-electron chi connectivity index (χ1n) is 7.16. The lowest BCUT2D eigenvalue weighted by molar-refractivity contribution is -0.384. The molecular formula is C16H13FN2O7. The van der Waals surface area contributed by atoms with Gasteiger partial charge in [0.1, 0.15) is 30.5 Å². The molecule has 0 atom stereocenters. The number of non-ortho nitro benzene ring substituents is 1. The van der Waals surface area contributed by atoms with Crippen molar-refractivity contribution in [3.05, 3.63) is 58.4 Å². The quantitative estimate of drug-likeness (QED) is 0.544. The number of amides is 1. The SMILES string of the molecule is O=C(O)COCC(=O)Nc1cc(Oc2ccc(F)cc2)cc([N+](=O)[O-])c1. The van der Waals surface area contributed by atoms with Crippen LogP contribution in [-0.2, 0) is 14.3 Å². The Morgan fingerprint density at radius 3 is 2.42 bits per heavy atom. The van der Waals surface area contributed by atoms with Crippen molar-refractivity contribution in [2.24, 2.45) is 0 Å². The molecule has 0 spiro atoms. The third kappa shape index (κ3) is 5.83. The number of carbonyl (C=O) groups excluding carboxylic acids is 1. The van der Waals surface area contributed by atoms with Crippen molar-refractivity contribution in [3.8, 4) is 11.5 Å². The van der Waals surface area contributed by atoms with Gasteiger partial charge in [0.2, 0.25) is 5.91 Å². The van der Waals surface area contributed by atoms with E-state index in [1.54, 1.807) is 0 Å². The molecule has 10 heteroatoms. The number of nitrogens with one attached hydrogen (secondary N) is 1. The first-order valence-corrected chi connectivity index (χ1v) is 7.16. The van der Waals surface area contributed by atoms with Crippen LogP contribution in [0.5, 0.6) is 11.5 Å². The highest BCUT2D eigenvalue weighted by atomic mass is 19.1. The summed E-state index contributed by atoms with van der Waals surface area (Å²) in [5.41, 5.74) is -0.286. The number of ether oxygens (including phenoxy) is 2. The molecule has 0 aliphatic rings. The molecule has 0 saturated carbocycles. The van der Waals surface area contributed by atoms with E-state index in [-0.39, 0.29) is 22.9 Å². The van der Waals surface area contributed by atoms with Gasteiger partial charge < -0.3 is 19.9 Å². The first kappa shape index (κ1) is 18.8. The molecular weight excluding hydrogens is 351 g/mol. The Bertz CT molecular complexity index is 824. The number of hydrogen-bond acceptors (Lipinski definition) is 6. The van der Waals surface area contributed by atoms with Crippen LogP contribution in [0.2, 0.25) is 0 Å². The van der Waals surface area contributed by atoms with E-state index in [1.165, 1.54) is 18.2 Å². The first-order chi connectivity index (χ1) is 12.3. The van der Waals surface area contributed by atoms with Crippen molar-refractivity contribution in [1.82, 2.24) is 0 Å². The molecule has 2 aromatic carbocycles. The highest BCUT2D eigenvalue weighted by molar-refractivity contribution is 5.92. The van der Waals surface area contributed by atoms with Crippen molar-refractivity contribution < 1.29 is 33.5 Å². The Balaban J connectivity index is 2.14. The van der Waals surface area contributed by atoms with Gasteiger partial charge in [-0.25, -0.2) is 9.18 Å². The van der Waals surface area contributed by atoms with Gasteiger partial charge in [0.15, 0.2) is 0 Å². The fraction of sp³-hybridized carbons (Fsp3) is 0.125. The number of rotatable bonds is 8. The normalized spacial score (nSPS) is 10.2. The van der Waals surface area contributed by atoms with Gasteiger partial charge in [-0.05, 0) is 24.3 Å². The third-order valence-electron chi connectivity index (χ3n) is 2.89. The second-order valence-electron chi connectivity index (χ2n) is 4.96. The van der Waals surface area contributed by atoms with Crippen LogP contribution >= 0.6 is 0 Å². The Kier molecular flexibility index (Phi) is 6.17. The highest BCUT2D eigenvalue weighted by Gasteiger charge is 2.13. The van der Waals surface area contributed by atoms with Crippen molar-refractivity contribution >= 4 is 23.3 Å². The average molecular weight is 364 g/mol. The number of nitro groups is 1. The van der Waals surface area contributed by atoms with E-state index < -0.39 is 35.8 Å². The monoisotopic (exact) mass is 364 g/mol. The van der Waals surface area contributed by atoms with Gasteiger partial charge in [0, 0.05) is 12.1 Å². The van der Waals surface area contributed by atoms with Crippen LogP contribution in [0.4, 0.5) is 15.8 Å². The summed E-state index contributed by atoms with van der Waals surface area (Å²) in [7, 11) is 0. The van der Waals surface area contributed by atoms with Gasteiger partial charge in [0.25, 0.3) is 5.69 Å². The van der Waals surface area contributed by atoms with Crippen LogP contribution in [0.25, 0.3) is 0 Å². The zero-order valence-electron chi connectivity index (χ0n) is 13.2. The zero-order valence-corrected chi connectivity index (χ0v) is 13.2. The van der Waals surface area contributed by atoms with Crippen LogP contribution < -0.4 is 10.1 Å². The fourth-order valence-corrected chi connectivity index (χ4v) is 1.89. The maximum absolute atomic E-state index is 12.9. The molecule has 0 bridgehead atoms. The van der Waals surface area contributed by atoms with E-state index in [0.717, 1.165) is 24.3 Å². The molecule has 0 saturated heterocycles. The van der Waals surface area contributed by atoms with E-state index in [2.05, 4.69) is 10.1 Å². The minimum Gasteiger partial charge on any atom is -0.480 e. The van der Waals surface area contributed by atoms with Crippen LogP contribution in [0.15, 0.2) is 42.5 Å². The summed E-state index contributed by atoms with van der Waals surface area (Å²) in [6.45, 7) is -1.19. The lowest BCUT2D eigenvalue weighted by atomic mass is 10.2. The van der Waals surface area contributed by atoms with Crippen molar-refractivity contribution in [1.29, 1.82) is 0 Å². The molecule has 2 aromatic rings. The van der Waals surface area contributed by atoms with Crippen molar-refractivity contribution in [3.63, 3.8) is 0 Å². The topological polar surface area (TPSA) is 128 Å². The molecule has 0 aliphatic heterocycles. The number of nitro benzene ring substituents is 1. The van der Waals surface area contributed by atoms with E-state index in [1.807, 2.05) is 0 Å². The van der Waals surface area contributed by atoms with E-state index >= 15 is 0 Å². The molecule has 136 valence electrons. The van der Waals surface area contributed by atoms with Crippen LogP contribution in [0.3, 0.4) is 0 Å². The lowest BCUT2D eigenvalue weighted by Gasteiger charge is -2.09. The third-order valence-corrected chi connectivity index (χ3v) is 2.89. The molecule has 2 rings (SSSR count). The van der Waals surface area contributed by atoms with Gasteiger partial charge in [-0.3, -0.25) is 14.9 Å². The smallest absolute Gasteiger partial charge is 0.329 e. The highest BCUT2D eigenvalue weighted by Crippen LogP contribution is 2.29. The van der Waals surface area contributed by atoms with Crippen LogP contribution in [0.1, 0.15) is 0 Å². The molecule has 0 heterocycles. The largest absolute Gasteiger partial charge is 0.480 e. The summed E-state index contributed by atoms with van der Waals surface area (Å²) in [6, 6.07) is 8.57. The summed E-state index contributed by atoms with van der Waals surface area (Å²) in [6.07, 6.45) is 0. The number of halogens is 1. The molecule has 2 N–H and O–H groups in total. The van der Waals surface area contributed by atoms with E-state index in [9.17, 15) is 24.1 Å². The molecule has 9 nitrogen and oxygen atoms in total. The Labute approximate surface area is 146 Å². The average Bonchev–Trinajstić information content (AvgIpc) is 2.56. The van der Waals surface area contributed by atoms with Crippen LogP contribution in [-0.4, -0.2) is 35.1 Å². The molecule has 26 heavy (non-hydrogen) atoms. The predicted octanol–water partition coefficient (Wildman–Crippen LogP) is 2.57. The number of hydrogen-bond donors (Lipinski definition) is 2. The van der Waals surface area contributed by atoms with E-state index in [0.29, 0.717) is 0 Å². The standard InChI is InChI=1S/C16H13FN2O7/c17-10-1-3-13(4-2-10)26-14-6-11(5-12(7-14)19(23)24)18-15(20)8-25-9-16(21)22/h1-7H,8-9H2,(H,18,20)(H,21,22). The fourth-order valence-electron chi connectivity index (χ4n) is 1.89. The van der Waals surface area contributed by atoms with Crippen molar-refractivity contribution in [2.75, 3.05) is 18.5 Å². The number of carboxylic acid groups (broad SMARTS) is 1. The number of aliphatic carboxylic acids is 1. The lowest BCUT2D eigenvalue weighted by Crippen LogP contribution is -2.20. The maximum atomic E-state index is 12.9. The minimum absolute atomic E-state index is 0.0487. The molecule has 0 radical (unpaired) electrons. The van der Waals surface area contributed by atoms with Gasteiger partial charge >= 0.3 is 5.97 Å². The zero-order chi connectivity index (χ0) is 19.1. The molecule has 0 aromatic heterocycles. The Morgan fingerprint density at radius 1 is 1.12 bits per heavy atom. The summed E-state index contributed by atoms with van der Waals surface area (Å²) < 4.78 is 23.0. The minimum atomic E-state index is -1.23. The Hall–Kier alpha value is -3.53. The number of benzene rings is 2. The summed E-state index contributed by atoms with van der Waals surface area (Å²) in [5, 5.41) is 21.8. The molecule has 0 fully saturated rings. The maximum Gasteiger partial charge on any atom is 0.329 e. The number of nitrogens with zero attached hydrogens (tertiary/aromatic N) is 1. The second-order valence-corrected chi connectivity index (χ2v) is 4.96. The molecule has 0 aliphatic carbocycles.